The molecule has 0 atom stereocenters. The van der Waals surface area contributed by atoms with Crippen molar-refractivity contribution in [2.24, 2.45) is 0 Å². The predicted molar refractivity (Wildman–Crippen MR) is 132 cm³/mol. The van der Waals surface area contributed by atoms with E-state index < -0.39 is 0 Å². The molecule has 2 aromatic rings. The molecule has 1 aliphatic rings. The van der Waals surface area contributed by atoms with Gasteiger partial charge in [-0.3, -0.25) is 9.59 Å². The zero-order valence-electron chi connectivity index (χ0n) is 18.4. The van der Waals surface area contributed by atoms with Crippen LogP contribution in [-0.2, 0) is 0 Å². The number of halogens is 2. The predicted octanol–water partition coefficient (Wildman–Crippen LogP) is 5.39. The van der Waals surface area contributed by atoms with E-state index in [4.69, 9.17) is 9.47 Å². The lowest BCUT2D eigenvalue weighted by Gasteiger charge is -2.35. The van der Waals surface area contributed by atoms with Crippen molar-refractivity contribution >= 4 is 43.7 Å². The minimum Gasteiger partial charge on any atom is -0.492 e. The van der Waals surface area contributed by atoms with Crippen molar-refractivity contribution in [3.05, 3.63) is 56.5 Å². The Morgan fingerprint density at radius 1 is 0.750 bits per heavy atom. The van der Waals surface area contributed by atoms with Gasteiger partial charge in [0.05, 0.1) is 22.2 Å². The molecule has 0 saturated carbocycles. The van der Waals surface area contributed by atoms with Crippen LogP contribution in [0.2, 0.25) is 0 Å². The highest BCUT2D eigenvalue weighted by Gasteiger charge is 2.26. The Bertz CT molecular complexity index is 882. The van der Waals surface area contributed by atoms with Gasteiger partial charge in [-0.1, -0.05) is 13.8 Å². The minimum absolute atomic E-state index is 0.0417. The van der Waals surface area contributed by atoms with E-state index in [0.29, 0.717) is 50.5 Å². The quantitative estimate of drug-likeness (QED) is 0.429. The largest absolute Gasteiger partial charge is 0.492 e. The Kier molecular flexibility index (Phi) is 8.99. The van der Waals surface area contributed by atoms with Gasteiger partial charge in [-0.25, -0.2) is 0 Å². The fourth-order valence-electron chi connectivity index (χ4n) is 3.40. The Labute approximate surface area is 206 Å². The first-order chi connectivity index (χ1) is 15.4. The molecule has 0 radical (unpaired) electrons. The summed E-state index contributed by atoms with van der Waals surface area (Å²) in [6.45, 7) is 7.34. The second-order valence-electron chi connectivity index (χ2n) is 7.57. The summed E-state index contributed by atoms with van der Waals surface area (Å²) in [6.07, 6.45) is 1.84. The Balaban J connectivity index is 1.58. The van der Waals surface area contributed by atoms with E-state index in [1.165, 1.54) is 0 Å². The summed E-state index contributed by atoms with van der Waals surface area (Å²) in [5, 5.41) is 0. The number of carbonyl (C=O) groups excluding carboxylic acids is 2. The van der Waals surface area contributed by atoms with Crippen LogP contribution in [0.1, 0.15) is 47.4 Å². The number of nitrogens with zero attached hydrogens (tertiary/aromatic N) is 2. The summed E-state index contributed by atoms with van der Waals surface area (Å²) in [5.74, 6) is 1.38. The first-order valence-corrected chi connectivity index (χ1v) is 12.5. The lowest BCUT2D eigenvalue weighted by atomic mass is 10.1. The molecule has 32 heavy (non-hydrogen) atoms. The molecule has 1 heterocycles. The van der Waals surface area contributed by atoms with Crippen molar-refractivity contribution in [2.45, 2.75) is 26.7 Å². The van der Waals surface area contributed by atoms with Gasteiger partial charge in [0.15, 0.2) is 0 Å². The zero-order chi connectivity index (χ0) is 23.1. The van der Waals surface area contributed by atoms with Crippen LogP contribution >= 0.6 is 31.9 Å². The molecule has 0 spiro atoms. The van der Waals surface area contributed by atoms with E-state index in [1.807, 2.05) is 26.0 Å². The van der Waals surface area contributed by atoms with Gasteiger partial charge in [-0.15, -0.1) is 0 Å². The molecular formula is C24H28Br2N2O4. The monoisotopic (exact) mass is 566 g/mol. The van der Waals surface area contributed by atoms with Crippen molar-refractivity contribution in [3.63, 3.8) is 0 Å². The van der Waals surface area contributed by atoms with Crippen molar-refractivity contribution in [1.82, 2.24) is 9.80 Å². The highest BCUT2D eigenvalue weighted by molar-refractivity contribution is 9.10. The third-order valence-electron chi connectivity index (χ3n) is 5.14. The third-order valence-corrected chi connectivity index (χ3v) is 6.37. The number of hydrogen-bond donors (Lipinski definition) is 0. The summed E-state index contributed by atoms with van der Waals surface area (Å²) in [6, 6.07) is 10.8. The lowest BCUT2D eigenvalue weighted by molar-refractivity contribution is 0.0535. The van der Waals surface area contributed by atoms with Crippen LogP contribution in [0.5, 0.6) is 11.5 Å². The molecule has 0 aromatic heterocycles. The molecule has 172 valence electrons. The molecule has 0 unspecified atom stereocenters. The van der Waals surface area contributed by atoms with Crippen LogP contribution in [0.4, 0.5) is 0 Å². The molecule has 1 fully saturated rings. The highest BCUT2D eigenvalue weighted by Crippen LogP contribution is 2.28. The molecule has 0 bridgehead atoms. The fourth-order valence-corrected chi connectivity index (χ4v) is 4.39. The van der Waals surface area contributed by atoms with E-state index in [1.54, 1.807) is 34.1 Å². The van der Waals surface area contributed by atoms with Crippen LogP contribution in [0.25, 0.3) is 0 Å². The summed E-state index contributed by atoms with van der Waals surface area (Å²) in [7, 11) is 0. The zero-order valence-corrected chi connectivity index (χ0v) is 21.6. The lowest BCUT2D eigenvalue weighted by Crippen LogP contribution is -2.50. The maximum Gasteiger partial charge on any atom is 0.254 e. The number of hydrogen-bond acceptors (Lipinski definition) is 4. The maximum absolute atomic E-state index is 12.9. The van der Waals surface area contributed by atoms with Crippen molar-refractivity contribution in [1.29, 1.82) is 0 Å². The molecule has 0 aliphatic carbocycles. The molecule has 0 N–H and O–H groups in total. The normalized spacial score (nSPS) is 13.8. The summed E-state index contributed by atoms with van der Waals surface area (Å²) in [4.78, 5) is 29.4. The number of carbonyl (C=O) groups is 2. The second-order valence-corrected chi connectivity index (χ2v) is 9.28. The van der Waals surface area contributed by atoms with Crippen LogP contribution in [0.15, 0.2) is 45.3 Å². The maximum atomic E-state index is 12.9. The van der Waals surface area contributed by atoms with Gasteiger partial charge in [-0.05, 0) is 81.1 Å². The van der Waals surface area contributed by atoms with E-state index in [0.717, 1.165) is 33.3 Å². The van der Waals surface area contributed by atoms with E-state index >= 15 is 0 Å². The summed E-state index contributed by atoms with van der Waals surface area (Å²) < 4.78 is 12.8. The van der Waals surface area contributed by atoms with E-state index in [-0.39, 0.29) is 11.8 Å². The first kappa shape index (κ1) is 24.6. The van der Waals surface area contributed by atoms with Crippen LogP contribution < -0.4 is 9.47 Å². The number of benzene rings is 2. The summed E-state index contributed by atoms with van der Waals surface area (Å²) >= 11 is 6.97. The van der Waals surface area contributed by atoms with Crippen molar-refractivity contribution in [2.75, 3.05) is 39.4 Å². The molecular weight excluding hydrogens is 540 g/mol. The SMILES string of the molecule is CCCOc1ccc(C(=O)N2CCN(C(=O)c3ccc(OCCC)c(Br)c3)CC2)cc1Br. The average molecular weight is 568 g/mol. The smallest absolute Gasteiger partial charge is 0.254 e. The van der Waals surface area contributed by atoms with Gasteiger partial charge in [0.1, 0.15) is 11.5 Å². The molecule has 3 rings (SSSR count). The number of piperazine rings is 1. The Morgan fingerprint density at radius 2 is 1.12 bits per heavy atom. The Morgan fingerprint density at radius 3 is 1.44 bits per heavy atom. The average Bonchev–Trinajstić information content (AvgIpc) is 2.81. The molecule has 1 saturated heterocycles. The topological polar surface area (TPSA) is 59.1 Å². The van der Waals surface area contributed by atoms with Crippen molar-refractivity contribution in [3.8, 4) is 11.5 Å². The van der Waals surface area contributed by atoms with E-state index in [2.05, 4.69) is 31.9 Å². The number of amides is 2. The Hall–Kier alpha value is -2.06. The van der Waals surface area contributed by atoms with Gasteiger partial charge in [-0.2, -0.15) is 0 Å². The van der Waals surface area contributed by atoms with E-state index in [9.17, 15) is 9.59 Å². The first-order valence-electron chi connectivity index (χ1n) is 10.9. The standard InChI is InChI=1S/C24H28Br2N2O4/c1-3-13-31-21-7-5-17(15-19(21)25)23(29)27-9-11-28(12-10-27)24(30)18-6-8-22(20(26)16-18)32-14-4-2/h5-8,15-16H,3-4,9-14H2,1-2H3. The van der Waals surface area contributed by atoms with Gasteiger partial charge >= 0.3 is 0 Å². The van der Waals surface area contributed by atoms with Gasteiger partial charge in [0, 0.05) is 37.3 Å². The summed E-state index contributed by atoms with van der Waals surface area (Å²) in [5.41, 5.74) is 1.21. The van der Waals surface area contributed by atoms with Crippen LogP contribution in [-0.4, -0.2) is 61.0 Å². The minimum atomic E-state index is -0.0417. The fraction of sp³-hybridized carbons (Fsp3) is 0.417. The second kappa shape index (κ2) is 11.7. The van der Waals surface area contributed by atoms with Gasteiger partial charge < -0.3 is 19.3 Å². The molecule has 2 aromatic carbocycles. The third kappa shape index (κ3) is 6.04. The number of rotatable bonds is 8. The van der Waals surface area contributed by atoms with Gasteiger partial charge in [0.25, 0.3) is 11.8 Å². The number of ether oxygens (including phenoxy) is 2. The van der Waals surface area contributed by atoms with Crippen molar-refractivity contribution < 1.29 is 19.1 Å². The molecule has 1 aliphatic heterocycles. The van der Waals surface area contributed by atoms with Gasteiger partial charge in [0.2, 0.25) is 0 Å². The molecule has 2 amide bonds. The molecule has 6 nitrogen and oxygen atoms in total. The highest BCUT2D eigenvalue weighted by atomic mass is 79.9. The van der Waals surface area contributed by atoms with Crippen LogP contribution in [0, 0.1) is 0 Å². The van der Waals surface area contributed by atoms with Crippen LogP contribution in [0.3, 0.4) is 0 Å². The molecule has 8 heteroatoms.